The van der Waals surface area contributed by atoms with Crippen molar-refractivity contribution in [1.82, 2.24) is 5.32 Å². The number of para-hydroxylation sites is 1. The Kier molecular flexibility index (Phi) is 5.06. The van der Waals surface area contributed by atoms with Crippen LogP contribution in [0.2, 0.25) is 0 Å². The normalized spacial score (nSPS) is 22.2. The summed E-state index contributed by atoms with van der Waals surface area (Å²) < 4.78 is 12.2. The molecule has 20 heavy (non-hydrogen) atoms. The average Bonchev–Trinajstić information content (AvgIpc) is 2.46. The Morgan fingerprint density at radius 1 is 1.30 bits per heavy atom. The number of hydrogen-bond acceptors (Lipinski definition) is 3. The van der Waals surface area contributed by atoms with Gasteiger partial charge in [0.15, 0.2) is 0 Å². The highest BCUT2D eigenvalue weighted by atomic mass is 16.6. The van der Waals surface area contributed by atoms with Gasteiger partial charge < -0.3 is 14.8 Å². The molecule has 112 valence electrons. The zero-order valence-corrected chi connectivity index (χ0v) is 13.1. The molecule has 0 bridgehead atoms. The van der Waals surface area contributed by atoms with Crippen molar-refractivity contribution < 1.29 is 9.47 Å². The number of benzene rings is 1. The van der Waals surface area contributed by atoms with Crippen LogP contribution in [0.1, 0.15) is 52.1 Å². The quantitative estimate of drug-likeness (QED) is 0.860. The summed E-state index contributed by atoms with van der Waals surface area (Å²) in [6, 6.07) is 8.47. The molecule has 0 saturated heterocycles. The lowest BCUT2D eigenvalue weighted by Gasteiger charge is -2.38. The predicted molar refractivity (Wildman–Crippen MR) is 82.2 cm³/mol. The lowest BCUT2D eigenvalue weighted by Crippen LogP contribution is -2.45. The topological polar surface area (TPSA) is 30.5 Å². The standard InChI is InChI=1S/C17H27NO2/c1-5-11-18-16-13-9-7-8-10-14(13)19-12-15(16)20-17(3,4)6-2/h7-10,15-16,18H,5-6,11-12H2,1-4H3. The predicted octanol–water partition coefficient (Wildman–Crippen LogP) is 3.69. The van der Waals surface area contributed by atoms with Gasteiger partial charge in [-0.3, -0.25) is 0 Å². The van der Waals surface area contributed by atoms with E-state index in [1.54, 1.807) is 0 Å². The highest BCUT2D eigenvalue weighted by Crippen LogP contribution is 2.35. The Morgan fingerprint density at radius 2 is 2.05 bits per heavy atom. The fourth-order valence-corrected chi connectivity index (χ4v) is 2.47. The maximum absolute atomic E-state index is 6.31. The third-order valence-corrected chi connectivity index (χ3v) is 3.97. The molecule has 0 fully saturated rings. The first-order chi connectivity index (χ1) is 9.57. The maximum atomic E-state index is 6.31. The minimum atomic E-state index is -0.119. The van der Waals surface area contributed by atoms with Crippen molar-refractivity contribution in [3.8, 4) is 5.75 Å². The zero-order chi connectivity index (χ0) is 14.6. The Labute approximate surface area is 122 Å². The van der Waals surface area contributed by atoms with Crippen molar-refractivity contribution in [2.24, 2.45) is 0 Å². The molecule has 3 heteroatoms. The van der Waals surface area contributed by atoms with Crippen LogP contribution >= 0.6 is 0 Å². The fourth-order valence-electron chi connectivity index (χ4n) is 2.47. The first kappa shape index (κ1) is 15.3. The SMILES string of the molecule is CCCNC1c2ccccc2OCC1OC(C)(C)CC. The summed E-state index contributed by atoms with van der Waals surface area (Å²) in [7, 11) is 0. The fraction of sp³-hybridized carbons (Fsp3) is 0.647. The molecule has 1 aliphatic heterocycles. The smallest absolute Gasteiger partial charge is 0.124 e. The molecule has 0 aliphatic carbocycles. The van der Waals surface area contributed by atoms with Gasteiger partial charge in [0.05, 0.1) is 11.6 Å². The molecule has 2 atom stereocenters. The lowest BCUT2D eigenvalue weighted by molar-refractivity contribution is -0.108. The third kappa shape index (κ3) is 3.53. The van der Waals surface area contributed by atoms with Gasteiger partial charge >= 0.3 is 0 Å². The highest BCUT2D eigenvalue weighted by Gasteiger charge is 2.34. The number of ether oxygens (including phenoxy) is 2. The second kappa shape index (κ2) is 6.59. The Balaban J connectivity index is 2.20. The number of fused-ring (bicyclic) bond motifs is 1. The largest absolute Gasteiger partial charge is 0.490 e. The molecule has 1 aromatic carbocycles. The first-order valence-electron chi connectivity index (χ1n) is 7.70. The van der Waals surface area contributed by atoms with Gasteiger partial charge in [0.2, 0.25) is 0 Å². The molecule has 2 rings (SSSR count). The summed E-state index contributed by atoms with van der Waals surface area (Å²) in [5.74, 6) is 0.982. The van der Waals surface area contributed by atoms with E-state index >= 15 is 0 Å². The van der Waals surface area contributed by atoms with Crippen molar-refractivity contribution in [1.29, 1.82) is 0 Å². The average molecular weight is 277 g/mol. The maximum Gasteiger partial charge on any atom is 0.124 e. The van der Waals surface area contributed by atoms with Gasteiger partial charge in [-0.05, 0) is 39.3 Å². The van der Waals surface area contributed by atoms with Gasteiger partial charge in [-0.25, -0.2) is 0 Å². The van der Waals surface area contributed by atoms with Crippen molar-refractivity contribution in [3.63, 3.8) is 0 Å². The van der Waals surface area contributed by atoms with E-state index in [1.807, 2.05) is 12.1 Å². The molecule has 0 saturated carbocycles. The number of rotatable bonds is 6. The summed E-state index contributed by atoms with van der Waals surface area (Å²) in [6.45, 7) is 10.2. The van der Waals surface area contributed by atoms with E-state index in [1.165, 1.54) is 5.56 Å². The van der Waals surface area contributed by atoms with E-state index in [0.717, 1.165) is 25.1 Å². The highest BCUT2D eigenvalue weighted by molar-refractivity contribution is 5.38. The van der Waals surface area contributed by atoms with E-state index < -0.39 is 0 Å². The van der Waals surface area contributed by atoms with Gasteiger partial charge in [0, 0.05) is 5.56 Å². The van der Waals surface area contributed by atoms with Gasteiger partial charge in [-0.1, -0.05) is 32.0 Å². The summed E-state index contributed by atoms with van der Waals surface area (Å²) in [5.41, 5.74) is 1.09. The molecule has 1 N–H and O–H groups in total. The summed E-state index contributed by atoms with van der Waals surface area (Å²) in [6.07, 6.45) is 2.17. The van der Waals surface area contributed by atoms with Crippen molar-refractivity contribution in [2.45, 2.75) is 58.3 Å². The van der Waals surface area contributed by atoms with Crippen LogP contribution in [0, 0.1) is 0 Å². The molecule has 1 heterocycles. The minimum absolute atomic E-state index is 0.0615. The Morgan fingerprint density at radius 3 is 2.75 bits per heavy atom. The second-order valence-electron chi connectivity index (χ2n) is 6.05. The van der Waals surface area contributed by atoms with Crippen LogP contribution in [0.15, 0.2) is 24.3 Å². The summed E-state index contributed by atoms with van der Waals surface area (Å²) in [5, 5.41) is 3.62. The molecule has 0 radical (unpaired) electrons. The van der Waals surface area contributed by atoms with Gasteiger partial charge in [-0.15, -0.1) is 0 Å². The monoisotopic (exact) mass is 277 g/mol. The molecule has 3 nitrogen and oxygen atoms in total. The van der Waals surface area contributed by atoms with Gasteiger partial charge in [0.1, 0.15) is 18.5 Å². The third-order valence-electron chi connectivity index (χ3n) is 3.97. The Hall–Kier alpha value is -1.06. The summed E-state index contributed by atoms with van der Waals surface area (Å²) in [4.78, 5) is 0. The molecule has 2 unspecified atom stereocenters. The molecule has 1 aromatic rings. The molecule has 0 aromatic heterocycles. The first-order valence-corrected chi connectivity index (χ1v) is 7.70. The van der Waals surface area contributed by atoms with Crippen molar-refractivity contribution >= 4 is 0 Å². The van der Waals surface area contributed by atoms with Crippen LogP contribution in [-0.2, 0) is 4.74 Å². The van der Waals surface area contributed by atoms with Gasteiger partial charge in [-0.2, -0.15) is 0 Å². The van der Waals surface area contributed by atoms with E-state index in [0.29, 0.717) is 6.61 Å². The van der Waals surface area contributed by atoms with Crippen LogP contribution in [0.25, 0.3) is 0 Å². The van der Waals surface area contributed by atoms with Gasteiger partial charge in [0.25, 0.3) is 0 Å². The van der Waals surface area contributed by atoms with E-state index in [-0.39, 0.29) is 17.7 Å². The summed E-state index contributed by atoms with van der Waals surface area (Å²) >= 11 is 0. The van der Waals surface area contributed by atoms with Crippen LogP contribution in [0.5, 0.6) is 5.75 Å². The van der Waals surface area contributed by atoms with Crippen molar-refractivity contribution in [2.75, 3.05) is 13.2 Å². The second-order valence-corrected chi connectivity index (χ2v) is 6.05. The molecule has 0 amide bonds. The number of nitrogens with one attached hydrogen (secondary N) is 1. The van der Waals surface area contributed by atoms with Crippen LogP contribution in [0.4, 0.5) is 0 Å². The van der Waals surface area contributed by atoms with E-state index in [4.69, 9.17) is 9.47 Å². The molecular formula is C17H27NO2. The Bertz CT molecular complexity index is 431. The minimum Gasteiger partial charge on any atom is -0.490 e. The van der Waals surface area contributed by atoms with E-state index in [9.17, 15) is 0 Å². The number of hydrogen-bond donors (Lipinski definition) is 1. The molecular weight excluding hydrogens is 250 g/mol. The molecule has 1 aliphatic rings. The zero-order valence-electron chi connectivity index (χ0n) is 13.1. The van der Waals surface area contributed by atoms with Crippen LogP contribution < -0.4 is 10.1 Å². The van der Waals surface area contributed by atoms with Crippen LogP contribution in [-0.4, -0.2) is 24.9 Å². The van der Waals surface area contributed by atoms with Crippen molar-refractivity contribution in [3.05, 3.63) is 29.8 Å². The van der Waals surface area contributed by atoms with Crippen LogP contribution in [0.3, 0.4) is 0 Å². The van der Waals surface area contributed by atoms with E-state index in [2.05, 4.69) is 45.1 Å². The lowest BCUT2D eigenvalue weighted by atomic mass is 9.96. The molecule has 0 spiro atoms.